The Morgan fingerprint density at radius 1 is 1.15 bits per heavy atom. The van der Waals surface area contributed by atoms with Crippen molar-refractivity contribution in [1.82, 2.24) is 5.32 Å². The molecule has 1 aliphatic rings. The lowest BCUT2D eigenvalue weighted by atomic mass is 10.1. The molecule has 1 aromatic rings. The van der Waals surface area contributed by atoms with Gasteiger partial charge in [-0.25, -0.2) is 23.0 Å². The van der Waals surface area contributed by atoms with Crippen molar-refractivity contribution in [3.63, 3.8) is 0 Å². The lowest BCUT2D eigenvalue weighted by Gasteiger charge is -2.22. The topological polar surface area (TPSA) is 149 Å². The number of benzene rings is 1. The number of hydrogen-bond donors (Lipinski definition) is 2. The molecule has 1 unspecified atom stereocenters. The minimum atomic E-state index is -4.42. The molecule has 0 radical (unpaired) electrons. The summed E-state index contributed by atoms with van der Waals surface area (Å²) in [6, 6.07) is 1.49. The van der Waals surface area contributed by atoms with Crippen LogP contribution >= 0.6 is 0 Å². The van der Waals surface area contributed by atoms with E-state index in [2.05, 4.69) is 14.5 Å². The molecule has 11 nitrogen and oxygen atoms in total. The Morgan fingerprint density at radius 2 is 1.74 bits per heavy atom. The van der Waals surface area contributed by atoms with E-state index < -0.39 is 33.2 Å². The van der Waals surface area contributed by atoms with Gasteiger partial charge in [0.2, 0.25) is 10.0 Å². The number of methoxy groups -OCH3 is 3. The molecule has 0 bridgehead atoms. The monoisotopic (exact) mass is 399 g/mol. The molecule has 1 heterocycles. The second-order valence-electron chi connectivity index (χ2n) is 5.32. The summed E-state index contributed by atoms with van der Waals surface area (Å²) in [7, 11) is -0.633. The molecule has 27 heavy (non-hydrogen) atoms. The predicted molar refractivity (Wildman–Crippen MR) is 93.9 cm³/mol. The van der Waals surface area contributed by atoms with E-state index in [1.54, 1.807) is 0 Å². The van der Waals surface area contributed by atoms with Gasteiger partial charge in [-0.05, 0) is 6.92 Å². The molecule has 0 aromatic heterocycles. The van der Waals surface area contributed by atoms with Crippen LogP contribution in [0.3, 0.4) is 0 Å². The number of carbonyl (C=O) groups is 3. The number of urea groups is 1. The van der Waals surface area contributed by atoms with Crippen LogP contribution in [-0.2, 0) is 19.6 Å². The lowest BCUT2D eigenvalue weighted by molar-refractivity contribution is -0.118. The molecule has 2 rings (SSSR count). The molecule has 1 atom stereocenters. The number of anilines is 1. The molecule has 1 aromatic carbocycles. The molecule has 0 fully saturated rings. The quantitative estimate of drug-likeness (QED) is 0.649. The van der Waals surface area contributed by atoms with E-state index in [0.717, 1.165) is 7.11 Å². The number of rotatable bonds is 6. The van der Waals surface area contributed by atoms with Gasteiger partial charge in [-0.3, -0.25) is 14.8 Å². The van der Waals surface area contributed by atoms with Gasteiger partial charge >= 0.3 is 12.0 Å². The molecule has 2 N–H and O–H groups in total. The van der Waals surface area contributed by atoms with Gasteiger partial charge in [-0.15, -0.1) is 0 Å². The average Bonchev–Trinajstić information content (AvgIpc) is 2.58. The van der Waals surface area contributed by atoms with Gasteiger partial charge in [-0.2, -0.15) is 0 Å². The first-order valence-electron chi connectivity index (χ1n) is 7.40. The van der Waals surface area contributed by atoms with Crippen molar-refractivity contribution < 1.29 is 37.0 Å². The number of nitrogens with one attached hydrogen (secondary N) is 2. The summed E-state index contributed by atoms with van der Waals surface area (Å²) >= 11 is 0. The lowest BCUT2D eigenvalue weighted by Crippen LogP contribution is -2.51. The third kappa shape index (κ3) is 4.00. The van der Waals surface area contributed by atoms with Crippen LogP contribution in [-0.4, -0.2) is 58.6 Å². The molecule has 0 saturated carbocycles. The maximum atomic E-state index is 12.7. The number of aliphatic imine (C=N–C) groups is 1. The molecule has 3 amide bonds. The van der Waals surface area contributed by atoms with E-state index in [1.165, 1.54) is 33.3 Å². The Labute approximate surface area is 154 Å². The van der Waals surface area contributed by atoms with Crippen molar-refractivity contribution in [2.75, 3.05) is 26.1 Å². The number of sulfonamides is 1. The number of amides is 3. The Balaban J connectivity index is 2.54. The Bertz CT molecular complexity index is 939. The Kier molecular flexibility index (Phi) is 5.69. The summed E-state index contributed by atoms with van der Waals surface area (Å²) < 4.78 is 42.4. The van der Waals surface area contributed by atoms with E-state index in [4.69, 9.17) is 9.47 Å². The van der Waals surface area contributed by atoms with E-state index in [9.17, 15) is 22.8 Å². The van der Waals surface area contributed by atoms with E-state index in [1.807, 2.05) is 5.32 Å². The van der Waals surface area contributed by atoms with Gasteiger partial charge in [0.25, 0.3) is 5.91 Å². The van der Waals surface area contributed by atoms with Gasteiger partial charge in [0.15, 0.2) is 16.7 Å². The number of esters is 1. The summed E-state index contributed by atoms with van der Waals surface area (Å²) in [4.78, 5) is 38.7. The molecular weight excluding hydrogens is 382 g/mol. The van der Waals surface area contributed by atoms with E-state index in [-0.39, 0.29) is 28.5 Å². The first-order valence-corrected chi connectivity index (χ1v) is 8.95. The van der Waals surface area contributed by atoms with Crippen LogP contribution in [0, 0.1) is 0 Å². The second-order valence-corrected chi connectivity index (χ2v) is 7.08. The van der Waals surface area contributed by atoms with Crippen molar-refractivity contribution in [2.45, 2.75) is 12.2 Å². The highest BCUT2D eigenvalue weighted by Crippen LogP contribution is 2.34. The second kappa shape index (κ2) is 7.61. The van der Waals surface area contributed by atoms with Crippen LogP contribution in [0.4, 0.5) is 10.5 Å². The van der Waals surface area contributed by atoms with Crippen molar-refractivity contribution >= 4 is 39.3 Å². The highest BCUT2D eigenvalue weighted by atomic mass is 32.2. The maximum Gasteiger partial charge on any atom is 0.347 e. The fourth-order valence-electron chi connectivity index (χ4n) is 2.43. The highest BCUT2D eigenvalue weighted by molar-refractivity contribution is 7.94. The summed E-state index contributed by atoms with van der Waals surface area (Å²) in [5.74, 6) is -1.60. The van der Waals surface area contributed by atoms with Gasteiger partial charge < -0.3 is 14.2 Å². The van der Waals surface area contributed by atoms with Gasteiger partial charge in [0, 0.05) is 12.1 Å². The minimum Gasteiger partial charge on any atom is -0.493 e. The molecule has 0 spiro atoms. The molecular formula is C15H17N3O8S. The minimum absolute atomic E-state index is 0.136. The summed E-state index contributed by atoms with van der Waals surface area (Å²) in [6.07, 6.45) is 0. The third-order valence-electron chi connectivity index (χ3n) is 3.62. The SMILES string of the molecule is COC(=O)c1cc(OC)c(OC)cc1NS(=O)(=O)C1C(=O)NC(=O)N=C1C. The van der Waals surface area contributed by atoms with Crippen LogP contribution in [0.5, 0.6) is 11.5 Å². The zero-order valence-electron chi connectivity index (χ0n) is 14.9. The molecule has 1 aliphatic heterocycles. The third-order valence-corrected chi connectivity index (χ3v) is 5.30. The average molecular weight is 399 g/mol. The van der Waals surface area contributed by atoms with Crippen molar-refractivity contribution in [2.24, 2.45) is 4.99 Å². The van der Waals surface area contributed by atoms with Gasteiger partial charge in [0.1, 0.15) is 0 Å². The van der Waals surface area contributed by atoms with Gasteiger partial charge in [0.05, 0.1) is 38.3 Å². The molecule has 12 heteroatoms. The summed E-state index contributed by atoms with van der Waals surface area (Å²) in [5, 5.41) is 0.0644. The zero-order chi connectivity index (χ0) is 20.4. The van der Waals surface area contributed by atoms with Crippen LogP contribution in [0.2, 0.25) is 0 Å². The highest BCUT2D eigenvalue weighted by Gasteiger charge is 2.40. The van der Waals surface area contributed by atoms with Crippen molar-refractivity contribution in [1.29, 1.82) is 0 Å². The van der Waals surface area contributed by atoms with Crippen LogP contribution in [0.1, 0.15) is 17.3 Å². The van der Waals surface area contributed by atoms with E-state index >= 15 is 0 Å². The first-order chi connectivity index (χ1) is 12.6. The number of nitrogens with zero attached hydrogens (tertiary/aromatic N) is 1. The number of imide groups is 1. The Morgan fingerprint density at radius 3 is 2.26 bits per heavy atom. The summed E-state index contributed by atoms with van der Waals surface area (Å²) in [6.45, 7) is 1.23. The Hall–Kier alpha value is -3.15. The van der Waals surface area contributed by atoms with Crippen molar-refractivity contribution in [3.8, 4) is 11.5 Å². The molecule has 0 aliphatic carbocycles. The standard InChI is InChI=1S/C15H17N3O8S/c1-7-12(13(19)17-15(21)16-7)27(22,23)18-9-6-11(25-3)10(24-2)5-8(9)14(20)26-4/h5-6,12,18H,1-4H3,(H,17,19,21). The smallest absolute Gasteiger partial charge is 0.347 e. The predicted octanol–water partition coefficient (Wildman–Crippen LogP) is 0.311. The molecule has 146 valence electrons. The number of ether oxygens (including phenoxy) is 3. The zero-order valence-corrected chi connectivity index (χ0v) is 15.7. The van der Waals surface area contributed by atoms with Crippen molar-refractivity contribution in [3.05, 3.63) is 17.7 Å². The van der Waals surface area contributed by atoms with Gasteiger partial charge in [-0.1, -0.05) is 0 Å². The maximum absolute atomic E-state index is 12.7. The number of hydrogen-bond acceptors (Lipinski definition) is 8. The fourth-order valence-corrected chi connectivity index (χ4v) is 3.86. The first kappa shape index (κ1) is 20.2. The van der Waals surface area contributed by atoms with Crippen LogP contribution in [0.25, 0.3) is 0 Å². The van der Waals surface area contributed by atoms with Crippen LogP contribution < -0.4 is 19.5 Å². The fraction of sp³-hybridized carbons (Fsp3) is 0.333. The largest absolute Gasteiger partial charge is 0.493 e. The molecule has 0 saturated heterocycles. The van der Waals surface area contributed by atoms with E-state index in [0.29, 0.717) is 0 Å². The number of carbonyl (C=O) groups excluding carboxylic acids is 3. The normalized spacial score (nSPS) is 16.9. The summed E-state index contributed by atoms with van der Waals surface area (Å²) in [5.41, 5.74) is -0.575. The van der Waals surface area contributed by atoms with Crippen LogP contribution in [0.15, 0.2) is 17.1 Å².